The molecule has 130 valence electrons. The van der Waals surface area contributed by atoms with Crippen molar-refractivity contribution in [2.24, 2.45) is 5.73 Å². The third-order valence-corrected chi connectivity index (χ3v) is 4.63. The van der Waals surface area contributed by atoms with E-state index in [1.807, 2.05) is 42.5 Å². The lowest BCUT2D eigenvalue weighted by molar-refractivity contribution is 0.100. The number of methoxy groups -OCH3 is 1. The fraction of sp³-hybridized carbons (Fsp3) is 0.0952. The minimum atomic E-state index is -0.524. The summed E-state index contributed by atoms with van der Waals surface area (Å²) in [6.45, 7) is 0.593. The van der Waals surface area contributed by atoms with E-state index in [-0.39, 0.29) is 5.75 Å². The SMILES string of the molecule is COc1cc(O)c2c3c(C(N)=O)cccc3n(Cc3ccccc3)c2c1. The molecule has 0 unspecified atom stereocenters. The first-order valence-electron chi connectivity index (χ1n) is 8.26. The number of aromatic nitrogens is 1. The van der Waals surface area contributed by atoms with Crippen molar-refractivity contribution >= 4 is 27.7 Å². The van der Waals surface area contributed by atoms with Crippen LogP contribution in [0.15, 0.2) is 60.7 Å². The molecule has 3 N–H and O–H groups in total. The molecule has 0 radical (unpaired) electrons. The lowest BCUT2D eigenvalue weighted by atomic mass is 10.1. The Kier molecular flexibility index (Phi) is 3.77. The smallest absolute Gasteiger partial charge is 0.249 e. The van der Waals surface area contributed by atoms with E-state index in [0.717, 1.165) is 16.6 Å². The molecule has 0 fully saturated rings. The van der Waals surface area contributed by atoms with Gasteiger partial charge < -0.3 is 20.1 Å². The number of amides is 1. The van der Waals surface area contributed by atoms with Gasteiger partial charge in [-0.05, 0) is 17.7 Å². The number of aromatic hydroxyl groups is 1. The van der Waals surface area contributed by atoms with Gasteiger partial charge in [-0.3, -0.25) is 4.79 Å². The fourth-order valence-electron chi connectivity index (χ4n) is 3.47. The average molecular weight is 346 g/mol. The first kappa shape index (κ1) is 16.0. The Hall–Kier alpha value is -3.47. The molecule has 0 spiro atoms. The van der Waals surface area contributed by atoms with Crippen LogP contribution >= 0.6 is 0 Å². The van der Waals surface area contributed by atoms with E-state index in [9.17, 15) is 9.90 Å². The maximum Gasteiger partial charge on any atom is 0.249 e. The Morgan fingerprint density at radius 2 is 1.81 bits per heavy atom. The van der Waals surface area contributed by atoms with Crippen molar-refractivity contribution in [3.8, 4) is 11.5 Å². The lowest BCUT2D eigenvalue weighted by Gasteiger charge is -2.09. The summed E-state index contributed by atoms with van der Waals surface area (Å²) in [6, 6.07) is 18.8. The van der Waals surface area contributed by atoms with Crippen molar-refractivity contribution in [3.63, 3.8) is 0 Å². The van der Waals surface area contributed by atoms with Gasteiger partial charge in [-0.2, -0.15) is 0 Å². The number of benzene rings is 3. The van der Waals surface area contributed by atoms with Crippen molar-refractivity contribution in [2.45, 2.75) is 6.54 Å². The molecule has 4 rings (SSSR count). The Labute approximate surface area is 150 Å². The predicted molar refractivity (Wildman–Crippen MR) is 102 cm³/mol. The minimum absolute atomic E-state index is 0.0601. The first-order valence-corrected chi connectivity index (χ1v) is 8.26. The molecule has 5 heteroatoms. The number of ether oxygens (including phenoxy) is 1. The lowest BCUT2D eigenvalue weighted by Crippen LogP contribution is -2.11. The predicted octanol–water partition coefficient (Wildman–Crippen LogP) is 3.66. The number of hydrogen-bond donors (Lipinski definition) is 2. The summed E-state index contributed by atoms with van der Waals surface area (Å²) < 4.78 is 7.38. The number of carbonyl (C=O) groups is 1. The zero-order chi connectivity index (χ0) is 18.3. The molecule has 1 heterocycles. The van der Waals surface area contributed by atoms with Gasteiger partial charge >= 0.3 is 0 Å². The number of fused-ring (bicyclic) bond motifs is 3. The molecule has 0 aliphatic heterocycles. The Morgan fingerprint density at radius 3 is 2.50 bits per heavy atom. The number of carbonyl (C=O) groups excluding carboxylic acids is 1. The molecule has 26 heavy (non-hydrogen) atoms. The van der Waals surface area contributed by atoms with Gasteiger partial charge in [0.05, 0.1) is 23.5 Å². The van der Waals surface area contributed by atoms with Gasteiger partial charge in [0.15, 0.2) is 0 Å². The summed E-state index contributed by atoms with van der Waals surface area (Å²) in [5.74, 6) is 0.0854. The Balaban J connectivity index is 2.12. The minimum Gasteiger partial charge on any atom is -0.507 e. The quantitative estimate of drug-likeness (QED) is 0.592. The number of primary amides is 1. The van der Waals surface area contributed by atoms with Crippen LogP contribution < -0.4 is 10.5 Å². The maximum atomic E-state index is 12.0. The van der Waals surface area contributed by atoms with Crippen molar-refractivity contribution < 1.29 is 14.6 Å². The van der Waals surface area contributed by atoms with Crippen LogP contribution in [0.1, 0.15) is 15.9 Å². The summed E-state index contributed by atoms with van der Waals surface area (Å²) in [6.07, 6.45) is 0. The molecule has 3 aromatic carbocycles. The van der Waals surface area contributed by atoms with Crippen LogP contribution in [0.25, 0.3) is 21.8 Å². The standard InChI is InChI=1S/C21H18N2O3/c1-26-14-10-17-20(18(24)11-14)19-15(21(22)25)8-5-9-16(19)23(17)12-13-6-3-2-4-7-13/h2-11,24H,12H2,1H3,(H2,22,25). The second-order valence-corrected chi connectivity index (χ2v) is 6.18. The molecule has 4 aromatic rings. The number of hydrogen-bond acceptors (Lipinski definition) is 3. The summed E-state index contributed by atoms with van der Waals surface area (Å²) >= 11 is 0. The molecule has 0 aliphatic rings. The zero-order valence-electron chi connectivity index (χ0n) is 14.3. The molecule has 0 bridgehead atoms. The molecular weight excluding hydrogens is 328 g/mol. The van der Waals surface area contributed by atoms with E-state index in [2.05, 4.69) is 4.57 Å². The molecule has 0 saturated carbocycles. The monoisotopic (exact) mass is 346 g/mol. The van der Waals surface area contributed by atoms with Crippen LogP contribution in [0.2, 0.25) is 0 Å². The third kappa shape index (κ3) is 2.45. The van der Waals surface area contributed by atoms with Gasteiger partial charge in [0.25, 0.3) is 0 Å². The van der Waals surface area contributed by atoms with Crippen LogP contribution in [0.3, 0.4) is 0 Å². The number of nitrogens with two attached hydrogens (primary N) is 1. The van der Waals surface area contributed by atoms with Crippen molar-refractivity contribution in [1.82, 2.24) is 4.57 Å². The topological polar surface area (TPSA) is 77.5 Å². The Morgan fingerprint density at radius 1 is 1.04 bits per heavy atom. The van der Waals surface area contributed by atoms with E-state index < -0.39 is 5.91 Å². The van der Waals surface area contributed by atoms with Crippen LogP contribution in [0.4, 0.5) is 0 Å². The highest BCUT2D eigenvalue weighted by Crippen LogP contribution is 2.40. The normalized spacial score (nSPS) is 11.1. The van der Waals surface area contributed by atoms with Gasteiger partial charge in [-0.1, -0.05) is 36.4 Å². The van der Waals surface area contributed by atoms with E-state index >= 15 is 0 Å². The van der Waals surface area contributed by atoms with Crippen LogP contribution in [-0.2, 0) is 6.54 Å². The molecule has 0 atom stereocenters. The molecule has 1 amide bonds. The molecular formula is C21H18N2O3. The van der Waals surface area contributed by atoms with Gasteiger partial charge in [0, 0.05) is 29.6 Å². The van der Waals surface area contributed by atoms with Crippen molar-refractivity contribution in [2.75, 3.05) is 7.11 Å². The molecule has 0 aliphatic carbocycles. The highest BCUT2D eigenvalue weighted by Gasteiger charge is 2.20. The van der Waals surface area contributed by atoms with E-state index in [0.29, 0.717) is 28.6 Å². The number of phenolic OH excluding ortho intramolecular Hbond substituents is 1. The first-order chi connectivity index (χ1) is 12.6. The average Bonchev–Trinajstić information content (AvgIpc) is 2.96. The molecule has 1 aromatic heterocycles. The fourth-order valence-corrected chi connectivity index (χ4v) is 3.47. The Bertz CT molecular complexity index is 1130. The summed E-state index contributed by atoms with van der Waals surface area (Å²) in [5.41, 5.74) is 8.71. The number of rotatable bonds is 4. The molecule has 5 nitrogen and oxygen atoms in total. The number of nitrogens with zero attached hydrogens (tertiary/aromatic N) is 1. The maximum absolute atomic E-state index is 12.0. The largest absolute Gasteiger partial charge is 0.507 e. The zero-order valence-corrected chi connectivity index (χ0v) is 14.3. The van der Waals surface area contributed by atoms with Crippen LogP contribution in [-0.4, -0.2) is 22.7 Å². The van der Waals surface area contributed by atoms with E-state index in [4.69, 9.17) is 10.5 Å². The second-order valence-electron chi connectivity index (χ2n) is 6.18. The highest BCUT2D eigenvalue weighted by molar-refractivity contribution is 6.19. The number of phenols is 1. The van der Waals surface area contributed by atoms with Gasteiger partial charge in [0.1, 0.15) is 11.5 Å². The van der Waals surface area contributed by atoms with Gasteiger partial charge in [-0.15, -0.1) is 0 Å². The summed E-state index contributed by atoms with van der Waals surface area (Å²) in [5, 5.41) is 11.9. The van der Waals surface area contributed by atoms with Crippen molar-refractivity contribution in [1.29, 1.82) is 0 Å². The van der Waals surface area contributed by atoms with Crippen LogP contribution in [0, 0.1) is 0 Å². The summed E-state index contributed by atoms with van der Waals surface area (Å²) in [7, 11) is 1.56. The van der Waals surface area contributed by atoms with Crippen LogP contribution in [0.5, 0.6) is 11.5 Å². The van der Waals surface area contributed by atoms with E-state index in [1.54, 1.807) is 25.3 Å². The third-order valence-electron chi connectivity index (χ3n) is 4.63. The highest BCUT2D eigenvalue weighted by atomic mass is 16.5. The van der Waals surface area contributed by atoms with Gasteiger partial charge in [0.2, 0.25) is 5.91 Å². The molecule has 0 saturated heterocycles. The second kappa shape index (κ2) is 6.11. The van der Waals surface area contributed by atoms with Crippen molar-refractivity contribution in [3.05, 3.63) is 71.8 Å². The van der Waals surface area contributed by atoms with Gasteiger partial charge in [-0.25, -0.2) is 0 Å². The summed E-state index contributed by atoms with van der Waals surface area (Å²) in [4.78, 5) is 12.0. The van der Waals surface area contributed by atoms with E-state index in [1.165, 1.54) is 0 Å².